The smallest absolute Gasteiger partial charge is 0.466 e. The predicted molar refractivity (Wildman–Crippen MR) is 208 cm³/mol. The minimum Gasteiger partial charge on any atom is -0.466 e. The van der Waals surface area contributed by atoms with Crippen LogP contribution in [0.1, 0.15) is 201 Å². The van der Waals surface area contributed by atoms with Crippen LogP contribution in [0, 0.1) is 0 Å². The van der Waals surface area contributed by atoms with Crippen molar-refractivity contribution >= 4 is 12.1 Å². The van der Waals surface area contributed by atoms with Crippen LogP contribution in [0.2, 0.25) is 0 Å². The lowest BCUT2D eigenvalue weighted by Gasteiger charge is -2.19. The summed E-state index contributed by atoms with van der Waals surface area (Å²) in [5, 5.41) is 0. The summed E-state index contributed by atoms with van der Waals surface area (Å²) in [6, 6.07) is 0. The van der Waals surface area contributed by atoms with Crippen LogP contribution in [0.3, 0.4) is 0 Å². The second-order valence-corrected chi connectivity index (χ2v) is 14.6. The zero-order chi connectivity index (χ0) is 36.8. The zero-order valence-corrected chi connectivity index (χ0v) is 33.8. The molecule has 0 saturated heterocycles. The summed E-state index contributed by atoms with van der Waals surface area (Å²) < 4.78 is 28.8. The number of nitrogens with zero attached hydrogens (tertiary/aromatic N) is 1. The third-order valence-electron chi connectivity index (χ3n) is 9.23. The topological polar surface area (TPSA) is 83.5 Å². The normalized spacial score (nSPS) is 12.1. The Morgan fingerprint density at radius 1 is 0.480 bits per heavy atom. The summed E-state index contributed by atoms with van der Waals surface area (Å²) in [5.74, 6) is -0.251. The third kappa shape index (κ3) is 36.4. The molecule has 298 valence electrons. The van der Waals surface area contributed by atoms with Crippen molar-refractivity contribution < 1.29 is 33.3 Å². The molecule has 0 aromatic rings. The van der Waals surface area contributed by atoms with Gasteiger partial charge in [-0.2, -0.15) is 0 Å². The molecule has 0 aromatic heterocycles. The monoisotopic (exact) mass is 714 g/mol. The maximum Gasteiger partial charge on any atom is 0.508 e. The Bertz CT molecular complexity index is 702. The highest BCUT2D eigenvalue weighted by molar-refractivity contribution is 5.69. The van der Waals surface area contributed by atoms with Crippen molar-refractivity contribution in [2.45, 2.75) is 213 Å². The van der Waals surface area contributed by atoms with Crippen molar-refractivity contribution in [3.8, 4) is 0 Å². The van der Waals surface area contributed by atoms with E-state index in [1.807, 2.05) is 14.1 Å². The molecule has 8 nitrogen and oxygen atoms in total. The molecule has 50 heavy (non-hydrogen) atoms. The van der Waals surface area contributed by atoms with Crippen LogP contribution in [0.15, 0.2) is 0 Å². The maximum atomic E-state index is 12.7. The first-order valence-electron chi connectivity index (χ1n) is 21.3. The van der Waals surface area contributed by atoms with Crippen LogP contribution in [0.25, 0.3) is 0 Å². The van der Waals surface area contributed by atoms with E-state index in [1.54, 1.807) is 0 Å². The molecule has 0 aromatic carbocycles. The molecule has 0 radical (unpaired) electrons. The molecule has 0 heterocycles. The molecule has 8 heteroatoms. The van der Waals surface area contributed by atoms with Crippen molar-refractivity contribution in [3.63, 3.8) is 0 Å². The van der Waals surface area contributed by atoms with E-state index < -0.39 is 6.16 Å². The lowest BCUT2D eigenvalue weighted by atomic mass is 10.0. The molecule has 0 saturated carbocycles. The minimum absolute atomic E-state index is 0.225. The van der Waals surface area contributed by atoms with Gasteiger partial charge < -0.3 is 28.6 Å². The summed E-state index contributed by atoms with van der Waals surface area (Å²) in [6.45, 7) is 9.68. The predicted octanol–water partition coefficient (Wildman–Crippen LogP) is 12.0. The van der Waals surface area contributed by atoms with E-state index in [0.717, 1.165) is 45.1 Å². The van der Waals surface area contributed by atoms with E-state index in [0.29, 0.717) is 45.7 Å². The number of ether oxygens (including phenoxy) is 5. The van der Waals surface area contributed by atoms with Crippen LogP contribution in [0.5, 0.6) is 0 Å². The van der Waals surface area contributed by atoms with Crippen LogP contribution in [-0.4, -0.2) is 76.5 Å². The van der Waals surface area contributed by atoms with E-state index >= 15 is 0 Å². The Morgan fingerprint density at radius 3 is 1.44 bits per heavy atom. The van der Waals surface area contributed by atoms with Gasteiger partial charge in [0.2, 0.25) is 0 Å². The fourth-order valence-corrected chi connectivity index (χ4v) is 6.02. The third-order valence-corrected chi connectivity index (χ3v) is 9.23. The standard InChI is InChI=1S/C42H83NO7/c1-6-9-12-15-18-19-20-21-22-25-30-39(50-42(45)49-38-29-34-43(4)5)32-33-40(44)46-37-28-31-41(47-35-26-23-16-13-10-7-2)48-36-27-24-17-14-11-8-3/h39,41H,6-38H2,1-5H3. The zero-order valence-electron chi connectivity index (χ0n) is 33.8. The van der Waals surface area contributed by atoms with Crippen LogP contribution in [-0.2, 0) is 28.5 Å². The van der Waals surface area contributed by atoms with Gasteiger partial charge >= 0.3 is 12.1 Å². The quantitative estimate of drug-likeness (QED) is 0.0354. The summed E-state index contributed by atoms with van der Waals surface area (Å²) in [5.41, 5.74) is 0. The molecular formula is C42H83NO7. The molecule has 0 aliphatic carbocycles. The molecule has 0 spiro atoms. The molecule has 0 aliphatic heterocycles. The summed E-state index contributed by atoms with van der Waals surface area (Å²) in [4.78, 5) is 27.1. The minimum atomic E-state index is -0.637. The Balaban J connectivity index is 4.57. The van der Waals surface area contributed by atoms with Gasteiger partial charge in [-0.25, -0.2) is 4.79 Å². The first-order chi connectivity index (χ1) is 24.4. The molecule has 0 bridgehead atoms. The Kier molecular flexibility index (Phi) is 37.8. The Hall–Kier alpha value is -1.38. The van der Waals surface area contributed by atoms with Crippen LogP contribution >= 0.6 is 0 Å². The van der Waals surface area contributed by atoms with Gasteiger partial charge in [-0.3, -0.25) is 4.79 Å². The largest absolute Gasteiger partial charge is 0.508 e. The van der Waals surface area contributed by atoms with Gasteiger partial charge in [0.25, 0.3) is 0 Å². The van der Waals surface area contributed by atoms with E-state index in [4.69, 9.17) is 23.7 Å². The number of hydrogen-bond acceptors (Lipinski definition) is 8. The van der Waals surface area contributed by atoms with E-state index in [9.17, 15) is 9.59 Å². The fourth-order valence-electron chi connectivity index (χ4n) is 6.02. The van der Waals surface area contributed by atoms with Crippen molar-refractivity contribution in [1.82, 2.24) is 4.90 Å². The number of rotatable bonds is 39. The molecule has 0 N–H and O–H groups in total. The number of carbonyl (C=O) groups excluding carboxylic acids is 2. The highest BCUT2D eigenvalue weighted by atomic mass is 16.7. The maximum absolute atomic E-state index is 12.7. The molecule has 1 atom stereocenters. The molecule has 0 rings (SSSR count). The highest BCUT2D eigenvalue weighted by Crippen LogP contribution is 2.17. The summed E-state index contributed by atoms with van der Waals surface area (Å²) >= 11 is 0. The number of carbonyl (C=O) groups is 2. The summed E-state index contributed by atoms with van der Waals surface area (Å²) in [6.07, 6.45) is 29.6. The van der Waals surface area contributed by atoms with Crippen molar-refractivity contribution in [1.29, 1.82) is 0 Å². The number of esters is 1. The SMILES string of the molecule is CCCCCCCCCCCCC(CCC(=O)OCCCC(OCCCCCCCC)OCCCCCCCC)OC(=O)OCCCN(C)C. The summed E-state index contributed by atoms with van der Waals surface area (Å²) in [7, 11) is 3.99. The van der Waals surface area contributed by atoms with Gasteiger partial charge in [0.05, 0.1) is 13.2 Å². The van der Waals surface area contributed by atoms with Crippen molar-refractivity contribution in [2.75, 3.05) is 47.1 Å². The van der Waals surface area contributed by atoms with Crippen molar-refractivity contribution in [3.05, 3.63) is 0 Å². The van der Waals surface area contributed by atoms with Crippen LogP contribution in [0.4, 0.5) is 4.79 Å². The first kappa shape index (κ1) is 48.6. The molecule has 0 fully saturated rings. The lowest BCUT2D eigenvalue weighted by Crippen LogP contribution is -2.22. The number of hydrogen-bond donors (Lipinski definition) is 0. The van der Waals surface area contributed by atoms with Gasteiger partial charge in [-0.1, -0.05) is 143 Å². The van der Waals surface area contributed by atoms with Gasteiger partial charge in [0.1, 0.15) is 6.10 Å². The Morgan fingerprint density at radius 2 is 0.940 bits per heavy atom. The molecule has 0 aliphatic rings. The fraction of sp³-hybridized carbons (Fsp3) is 0.952. The number of unbranched alkanes of at least 4 members (excludes halogenated alkanes) is 19. The van der Waals surface area contributed by atoms with E-state index in [2.05, 4.69) is 25.7 Å². The second-order valence-electron chi connectivity index (χ2n) is 14.6. The highest BCUT2D eigenvalue weighted by Gasteiger charge is 2.18. The second kappa shape index (κ2) is 38.8. The van der Waals surface area contributed by atoms with E-state index in [1.165, 1.54) is 116 Å². The molecular weight excluding hydrogens is 630 g/mol. The van der Waals surface area contributed by atoms with Gasteiger partial charge in [0, 0.05) is 32.6 Å². The van der Waals surface area contributed by atoms with Gasteiger partial charge in [-0.15, -0.1) is 0 Å². The van der Waals surface area contributed by atoms with Gasteiger partial charge in [-0.05, 0) is 59.0 Å². The van der Waals surface area contributed by atoms with Crippen LogP contribution < -0.4 is 0 Å². The van der Waals surface area contributed by atoms with Crippen molar-refractivity contribution in [2.24, 2.45) is 0 Å². The average Bonchev–Trinajstić information content (AvgIpc) is 3.10. The molecule has 0 amide bonds. The average molecular weight is 714 g/mol. The Labute approximate surface area is 309 Å². The first-order valence-corrected chi connectivity index (χ1v) is 21.3. The molecule has 1 unspecified atom stereocenters. The lowest BCUT2D eigenvalue weighted by molar-refractivity contribution is -0.154. The van der Waals surface area contributed by atoms with Gasteiger partial charge in [0.15, 0.2) is 6.29 Å². The van der Waals surface area contributed by atoms with E-state index in [-0.39, 0.29) is 24.8 Å².